The van der Waals surface area contributed by atoms with Crippen molar-refractivity contribution >= 4 is 35.1 Å². The fourth-order valence-corrected chi connectivity index (χ4v) is 6.36. The standard InChI is InChI=1S/C38H41N7O6/c1-44(23-25-14-12-24(13-15-25)18-19-40-29-22-28(42-43-35(29)39)26-8-3-4-10-31(26)46)20-5-2-6-21-51-32-11-7-9-27-34(32)38(50)45(37(27)49)30-16-17-33(47)41-36(30)48/h3-4,7-15,22,30,46H,2,5-6,16-21,23H2,1H3,(H2,39,43)(H,40,42)(H,41,47,48). The van der Waals surface area contributed by atoms with Gasteiger partial charge in [-0.05, 0) is 87.2 Å². The lowest BCUT2D eigenvalue weighted by molar-refractivity contribution is -0.136. The first-order valence-electron chi connectivity index (χ1n) is 17.1. The van der Waals surface area contributed by atoms with Crippen LogP contribution in [0.3, 0.4) is 0 Å². The smallest absolute Gasteiger partial charge is 0.266 e. The van der Waals surface area contributed by atoms with Crippen LogP contribution in [0.2, 0.25) is 0 Å². The van der Waals surface area contributed by atoms with Crippen molar-refractivity contribution in [3.63, 3.8) is 0 Å². The Hall–Kier alpha value is -5.82. The summed E-state index contributed by atoms with van der Waals surface area (Å²) >= 11 is 0. The number of rotatable bonds is 15. The lowest BCUT2D eigenvalue weighted by atomic mass is 10.0. The zero-order valence-electron chi connectivity index (χ0n) is 28.4. The minimum absolute atomic E-state index is 0.0707. The van der Waals surface area contributed by atoms with Gasteiger partial charge in [0, 0.05) is 25.1 Å². The van der Waals surface area contributed by atoms with E-state index in [1.54, 1.807) is 42.5 Å². The zero-order valence-corrected chi connectivity index (χ0v) is 28.4. The Morgan fingerprint density at radius 1 is 0.941 bits per heavy atom. The van der Waals surface area contributed by atoms with E-state index in [4.69, 9.17) is 10.5 Å². The number of nitrogens with zero attached hydrogens (tertiary/aromatic N) is 4. The number of unbranched alkanes of at least 4 members (excludes halogenated alkanes) is 2. The molecule has 1 saturated heterocycles. The number of carbonyl (C=O) groups is 4. The van der Waals surface area contributed by atoms with Crippen molar-refractivity contribution in [2.24, 2.45) is 0 Å². The average molecular weight is 692 g/mol. The Balaban J connectivity index is 0.901. The molecule has 1 fully saturated rings. The number of ether oxygens (including phenoxy) is 1. The highest BCUT2D eigenvalue weighted by Crippen LogP contribution is 2.34. The molecule has 1 aromatic heterocycles. The number of para-hydroxylation sites is 1. The first kappa shape index (κ1) is 35.0. The number of anilines is 2. The van der Waals surface area contributed by atoms with Crippen molar-refractivity contribution in [2.45, 2.75) is 51.1 Å². The van der Waals surface area contributed by atoms with Crippen molar-refractivity contribution < 1.29 is 29.0 Å². The van der Waals surface area contributed by atoms with Gasteiger partial charge in [0.1, 0.15) is 17.5 Å². The molecule has 13 nitrogen and oxygen atoms in total. The summed E-state index contributed by atoms with van der Waals surface area (Å²) in [5, 5.41) is 23.9. The van der Waals surface area contributed by atoms with Crippen LogP contribution in [0.1, 0.15) is 63.9 Å². The molecule has 0 aliphatic carbocycles. The van der Waals surface area contributed by atoms with Gasteiger partial charge in [0.2, 0.25) is 11.8 Å². The number of piperidine rings is 1. The second-order valence-corrected chi connectivity index (χ2v) is 12.8. The first-order valence-corrected chi connectivity index (χ1v) is 17.1. The van der Waals surface area contributed by atoms with Gasteiger partial charge in [-0.1, -0.05) is 42.5 Å². The summed E-state index contributed by atoms with van der Waals surface area (Å²) in [5.41, 5.74) is 10.6. The maximum absolute atomic E-state index is 13.2. The summed E-state index contributed by atoms with van der Waals surface area (Å²) in [6.07, 6.45) is 3.64. The van der Waals surface area contributed by atoms with Gasteiger partial charge in [-0.3, -0.25) is 29.4 Å². The number of carbonyl (C=O) groups excluding carboxylic acids is 4. The van der Waals surface area contributed by atoms with Crippen molar-refractivity contribution in [3.8, 4) is 22.8 Å². The highest BCUT2D eigenvalue weighted by molar-refractivity contribution is 6.24. The highest BCUT2D eigenvalue weighted by Gasteiger charge is 2.46. The Morgan fingerprint density at radius 3 is 2.49 bits per heavy atom. The maximum atomic E-state index is 13.2. The SMILES string of the molecule is CN(CCCCCOc1cccc2c1C(=O)N(C1CCC(=O)NC1=O)C2=O)Cc1ccc(CCNc2cc(-c3ccccc3O)nnc2N)cc1. The third-order valence-corrected chi connectivity index (χ3v) is 9.08. The molecule has 13 heteroatoms. The number of phenols is 1. The number of aromatic nitrogens is 2. The summed E-state index contributed by atoms with van der Waals surface area (Å²) in [5.74, 6) is -1.40. The molecule has 3 heterocycles. The van der Waals surface area contributed by atoms with E-state index >= 15 is 0 Å². The number of nitrogens with one attached hydrogen (secondary N) is 2. The number of fused-ring (bicyclic) bond motifs is 1. The fourth-order valence-electron chi connectivity index (χ4n) is 6.36. The minimum Gasteiger partial charge on any atom is -0.507 e. The third-order valence-electron chi connectivity index (χ3n) is 9.08. The summed E-state index contributed by atoms with van der Waals surface area (Å²) in [7, 11) is 2.09. The van der Waals surface area contributed by atoms with Crippen LogP contribution < -0.4 is 21.1 Å². The quantitative estimate of drug-likeness (QED) is 0.104. The molecule has 6 rings (SSSR count). The molecular weight excluding hydrogens is 650 g/mol. The van der Waals surface area contributed by atoms with Crippen LogP contribution >= 0.6 is 0 Å². The lowest BCUT2D eigenvalue weighted by Crippen LogP contribution is -2.54. The molecule has 0 saturated carbocycles. The van der Waals surface area contributed by atoms with E-state index in [9.17, 15) is 24.3 Å². The number of aromatic hydroxyl groups is 1. The maximum Gasteiger partial charge on any atom is 0.266 e. The van der Waals surface area contributed by atoms with Crippen LogP contribution in [-0.2, 0) is 22.6 Å². The molecule has 0 bridgehead atoms. The number of hydrogen-bond acceptors (Lipinski definition) is 11. The normalized spacial score (nSPS) is 15.6. The molecule has 2 aliphatic rings. The Kier molecular flexibility index (Phi) is 10.9. The van der Waals surface area contributed by atoms with E-state index in [1.807, 2.05) is 6.07 Å². The van der Waals surface area contributed by atoms with Crippen molar-refractivity contribution in [2.75, 3.05) is 37.8 Å². The number of imide groups is 2. The summed E-state index contributed by atoms with van der Waals surface area (Å²) in [4.78, 5) is 53.4. The Bertz CT molecular complexity index is 1930. The summed E-state index contributed by atoms with van der Waals surface area (Å²) in [6, 6.07) is 21.2. The summed E-state index contributed by atoms with van der Waals surface area (Å²) in [6.45, 7) is 2.77. The zero-order chi connectivity index (χ0) is 35.9. The molecule has 3 aromatic carbocycles. The second-order valence-electron chi connectivity index (χ2n) is 12.8. The Labute approximate surface area is 295 Å². The van der Waals surface area contributed by atoms with E-state index in [-0.39, 0.29) is 29.7 Å². The Morgan fingerprint density at radius 2 is 1.71 bits per heavy atom. The summed E-state index contributed by atoms with van der Waals surface area (Å²) < 4.78 is 5.95. The van der Waals surface area contributed by atoms with Gasteiger partial charge in [0.25, 0.3) is 11.8 Å². The van der Waals surface area contributed by atoms with Gasteiger partial charge >= 0.3 is 0 Å². The molecule has 0 spiro atoms. The van der Waals surface area contributed by atoms with Crippen LogP contribution in [0.15, 0.2) is 72.8 Å². The van der Waals surface area contributed by atoms with Gasteiger partial charge in [0.05, 0.1) is 29.1 Å². The number of nitrogen functional groups attached to an aromatic ring is 1. The van der Waals surface area contributed by atoms with E-state index in [0.29, 0.717) is 41.7 Å². The van der Waals surface area contributed by atoms with Gasteiger partial charge in [0.15, 0.2) is 5.82 Å². The number of nitrogens with two attached hydrogens (primary N) is 1. The largest absolute Gasteiger partial charge is 0.507 e. The van der Waals surface area contributed by atoms with Crippen molar-refractivity contribution in [1.29, 1.82) is 0 Å². The van der Waals surface area contributed by atoms with Crippen molar-refractivity contribution in [3.05, 3.63) is 95.1 Å². The van der Waals surface area contributed by atoms with Crippen LogP contribution in [0, 0.1) is 0 Å². The molecule has 264 valence electrons. The van der Waals surface area contributed by atoms with Crippen LogP contribution in [0.4, 0.5) is 11.5 Å². The van der Waals surface area contributed by atoms with E-state index < -0.39 is 29.7 Å². The van der Waals surface area contributed by atoms with E-state index in [0.717, 1.165) is 43.7 Å². The number of phenolic OH excluding ortho intramolecular Hbond substituents is 1. The molecule has 4 aromatic rings. The van der Waals surface area contributed by atoms with Crippen LogP contribution in [0.25, 0.3) is 11.3 Å². The number of hydrogen-bond donors (Lipinski definition) is 4. The molecule has 0 radical (unpaired) electrons. The van der Waals surface area contributed by atoms with Gasteiger partial charge < -0.3 is 25.8 Å². The first-order chi connectivity index (χ1) is 24.7. The van der Waals surface area contributed by atoms with Gasteiger partial charge in [-0.2, -0.15) is 0 Å². The number of amides is 4. The molecule has 5 N–H and O–H groups in total. The van der Waals surface area contributed by atoms with E-state index in [1.165, 1.54) is 11.1 Å². The van der Waals surface area contributed by atoms with Crippen LogP contribution in [0.5, 0.6) is 11.5 Å². The fraction of sp³-hybridized carbons (Fsp3) is 0.316. The van der Waals surface area contributed by atoms with Gasteiger partial charge in [-0.15, -0.1) is 10.2 Å². The van der Waals surface area contributed by atoms with Crippen molar-refractivity contribution in [1.82, 2.24) is 25.3 Å². The topological polar surface area (TPSA) is 180 Å². The van der Waals surface area contributed by atoms with Gasteiger partial charge in [-0.25, -0.2) is 0 Å². The van der Waals surface area contributed by atoms with E-state index in [2.05, 4.69) is 57.0 Å². The van der Waals surface area contributed by atoms with Crippen LogP contribution in [-0.4, -0.2) is 81.5 Å². The third kappa shape index (κ3) is 8.15. The minimum atomic E-state index is -1.01. The molecule has 1 unspecified atom stereocenters. The predicted octanol–water partition coefficient (Wildman–Crippen LogP) is 4.17. The molecule has 51 heavy (non-hydrogen) atoms. The highest BCUT2D eigenvalue weighted by atomic mass is 16.5. The number of benzene rings is 3. The molecule has 4 amide bonds. The predicted molar refractivity (Wildman–Crippen MR) is 191 cm³/mol. The molecule has 2 aliphatic heterocycles. The molecular formula is C38H41N7O6. The average Bonchev–Trinajstić information content (AvgIpc) is 3.37. The monoisotopic (exact) mass is 691 g/mol. The molecule has 1 atom stereocenters. The lowest BCUT2D eigenvalue weighted by Gasteiger charge is -2.27. The second kappa shape index (κ2) is 15.8.